The molecule has 1 heterocycles. The highest BCUT2D eigenvalue weighted by atomic mass is 35.5. The van der Waals surface area contributed by atoms with Crippen molar-refractivity contribution in [2.24, 2.45) is 0 Å². The summed E-state index contributed by atoms with van der Waals surface area (Å²) in [6, 6.07) is 12.5. The SMILES string of the molecule is CS(=O)(=O)c1ccc(Nc2cc(N3CCOCC3)ccc2Cl)cc1. The molecule has 0 atom stereocenters. The van der Waals surface area contributed by atoms with Gasteiger partial charge >= 0.3 is 0 Å². The van der Waals surface area contributed by atoms with Gasteiger partial charge in [-0.3, -0.25) is 0 Å². The van der Waals surface area contributed by atoms with Crippen LogP contribution in [0.4, 0.5) is 17.1 Å². The van der Waals surface area contributed by atoms with Crippen molar-refractivity contribution >= 4 is 38.5 Å². The van der Waals surface area contributed by atoms with E-state index in [1.807, 2.05) is 18.2 Å². The summed E-state index contributed by atoms with van der Waals surface area (Å²) >= 11 is 6.29. The third kappa shape index (κ3) is 4.01. The van der Waals surface area contributed by atoms with Crippen LogP contribution < -0.4 is 10.2 Å². The van der Waals surface area contributed by atoms with Gasteiger partial charge in [0.05, 0.1) is 28.8 Å². The molecule has 0 aliphatic carbocycles. The standard InChI is InChI=1S/C17H19ClN2O3S/c1-24(21,22)15-5-2-13(3-6-15)19-17-12-14(4-7-16(17)18)20-8-10-23-11-9-20/h2-7,12,19H,8-11H2,1H3. The first kappa shape index (κ1) is 17.1. The van der Waals surface area contributed by atoms with E-state index in [4.69, 9.17) is 16.3 Å². The van der Waals surface area contributed by atoms with Gasteiger partial charge in [-0.15, -0.1) is 0 Å². The molecule has 0 spiro atoms. The molecule has 0 saturated carbocycles. The van der Waals surface area contributed by atoms with Gasteiger partial charge in [0.2, 0.25) is 0 Å². The second-order valence-electron chi connectivity index (χ2n) is 5.69. The largest absolute Gasteiger partial charge is 0.378 e. The fourth-order valence-corrected chi connectivity index (χ4v) is 3.36. The van der Waals surface area contributed by atoms with Gasteiger partial charge in [0, 0.05) is 30.7 Å². The van der Waals surface area contributed by atoms with E-state index in [1.165, 1.54) is 6.26 Å². The van der Waals surface area contributed by atoms with Gasteiger partial charge in [-0.1, -0.05) is 11.6 Å². The minimum atomic E-state index is -3.19. The third-order valence-corrected chi connectivity index (χ3v) is 5.35. The molecule has 5 nitrogen and oxygen atoms in total. The zero-order valence-corrected chi connectivity index (χ0v) is 14.9. The van der Waals surface area contributed by atoms with E-state index < -0.39 is 9.84 Å². The van der Waals surface area contributed by atoms with Crippen LogP contribution >= 0.6 is 11.6 Å². The monoisotopic (exact) mass is 366 g/mol. The smallest absolute Gasteiger partial charge is 0.175 e. The number of morpholine rings is 1. The number of hydrogen-bond donors (Lipinski definition) is 1. The number of anilines is 3. The molecule has 1 saturated heterocycles. The van der Waals surface area contributed by atoms with Gasteiger partial charge in [0.1, 0.15) is 0 Å². The molecule has 0 bridgehead atoms. The molecular weight excluding hydrogens is 348 g/mol. The first-order chi connectivity index (χ1) is 11.4. The van der Waals surface area contributed by atoms with Crippen LogP contribution in [-0.2, 0) is 14.6 Å². The quantitative estimate of drug-likeness (QED) is 0.899. The van der Waals surface area contributed by atoms with Crippen LogP contribution in [0.3, 0.4) is 0 Å². The molecule has 1 aliphatic rings. The zero-order chi connectivity index (χ0) is 17.2. The number of benzene rings is 2. The summed E-state index contributed by atoms with van der Waals surface area (Å²) in [5.74, 6) is 0. The van der Waals surface area contributed by atoms with E-state index in [9.17, 15) is 8.42 Å². The molecule has 1 N–H and O–H groups in total. The maximum absolute atomic E-state index is 11.5. The molecule has 0 aromatic heterocycles. The van der Waals surface area contributed by atoms with Crippen molar-refractivity contribution in [3.63, 3.8) is 0 Å². The molecule has 7 heteroatoms. The predicted molar refractivity (Wildman–Crippen MR) is 97.3 cm³/mol. The zero-order valence-electron chi connectivity index (χ0n) is 13.3. The van der Waals surface area contributed by atoms with Crippen molar-refractivity contribution in [1.29, 1.82) is 0 Å². The maximum Gasteiger partial charge on any atom is 0.175 e. The molecule has 0 unspecified atom stereocenters. The predicted octanol–water partition coefficient (Wildman–Crippen LogP) is 3.32. The fraction of sp³-hybridized carbons (Fsp3) is 0.294. The van der Waals surface area contributed by atoms with Crippen molar-refractivity contribution in [3.8, 4) is 0 Å². The van der Waals surface area contributed by atoms with Crippen LogP contribution in [0.1, 0.15) is 0 Å². The Hall–Kier alpha value is -1.76. The Morgan fingerprint density at radius 3 is 2.38 bits per heavy atom. The molecule has 1 aliphatic heterocycles. The summed E-state index contributed by atoms with van der Waals surface area (Å²) in [7, 11) is -3.19. The maximum atomic E-state index is 11.5. The first-order valence-corrected chi connectivity index (χ1v) is 9.90. The molecule has 0 radical (unpaired) electrons. The summed E-state index contributed by atoms with van der Waals surface area (Å²) in [5, 5.41) is 3.86. The van der Waals surface area contributed by atoms with Crippen molar-refractivity contribution < 1.29 is 13.2 Å². The van der Waals surface area contributed by atoms with E-state index in [0.717, 1.165) is 43.4 Å². The highest BCUT2D eigenvalue weighted by Gasteiger charge is 2.13. The Morgan fingerprint density at radius 1 is 1.08 bits per heavy atom. The summed E-state index contributed by atoms with van der Waals surface area (Å²) in [4.78, 5) is 2.54. The van der Waals surface area contributed by atoms with Crippen LogP contribution in [0.25, 0.3) is 0 Å². The molecule has 0 amide bonds. The number of rotatable bonds is 4. The summed E-state index contributed by atoms with van der Waals surface area (Å²) in [5.41, 5.74) is 2.65. The van der Waals surface area contributed by atoms with Crippen molar-refractivity contribution in [3.05, 3.63) is 47.5 Å². The highest BCUT2D eigenvalue weighted by molar-refractivity contribution is 7.90. The van der Waals surface area contributed by atoms with Crippen LogP contribution in [0.5, 0.6) is 0 Å². The highest BCUT2D eigenvalue weighted by Crippen LogP contribution is 2.30. The van der Waals surface area contributed by atoms with Gasteiger partial charge in [0.25, 0.3) is 0 Å². The van der Waals surface area contributed by atoms with E-state index >= 15 is 0 Å². The van der Waals surface area contributed by atoms with Gasteiger partial charge in [-0.05, 0) is 42.5 Å². The summed E-state index contributed by atoms with van der Waals surface area (Å²) in [6.45, 7) is 3.14. The lowest BCUT2D eigenvalue weighted by molar-refractivity contribution is 0.122. The summed E-state index contributed by atoms with van der Waals surface area (Å²) in [6.07, 6.45) is 1.19. The number of ether oxygens (including phenoxy) is 1. The first-order valence-electron chi connectivity index (χ1n) is 7.63. The second kappa shape index (κ2) is 7.01. The van der Waals surface area contributed by atoms with Gasteiger partial charge in [0.15, 0.2) is 9.84 Å². The average Bonchev–Trinajstić information content (AvgIpc) is 2.57. The van der Waals surface area contributed by atoms with Gasteiger partial charge in [-0.2, -0.15) is 0 Å². The van der Waals surface area contributed by atoms with E-state index in [-0.39, 0.29) is 0 Å². The Morgan fingerprint density at radius 2 is 1.75 bits per heavy atom. The lowest BCUT2D eigenvalue weighted by Gasteiger charge is -2.29. The van der Waals surface area contributed by atoms with Crippen molar-refractivity contribution in [1.82, 2.24) is 0 Å². The van der Waals surface area contributed by atoms with Crippen molar-refractivity contribution in [2.45, 2.75) is 4.90 Å². The number of nitrogens with zero attached hydrogens (tertiary/aromatic N) is 1. The van der Waals surface area contributed by atoms with Gasteiger partial charge in [-0.25, -0.2) is 8.42 Å². The van der Waals surface area contributed by atoms with Crippen molar-refractivity contribution in [2.75, 3.05) is 42.8 Å². The Bertz CT molecular complexity index is 816. The fourth-order valence-electron chi connectivity index (χ4n) is 2.57. The normalized spacial score (nSPS) is 15.3. The van der Waals surface area contributed by atoms with Crippen LogP contribution in [0, 0.1) is 0 Å². The molecule has 1 fully saturated rings. The van der Waals surface area contributed by atoms with E-state index in [0.29, 0.717) is 9.92 Å². The second-order valence-corrected chi connectivity index (χ2v) is 8.11. The molecule has 24 heavy (non-hydrogen) atoms. The van der Waals surface area contributed by atoms with Crippen LogP contribution in [0.15, 0.2) is 47.4 Å². The molecule has 2 aromatic carbocycles. The minimum absolute atomic E-state index is 0.293. The average molecular weight is 367 g/mol. The van der Waals surface area contributed by atoms with Crippen LogP contribution in [0.2, 0.25) is 5.02 Å². The molecular formula is C17H19ClN2O3S. The topological polar surface area (TPSA) is 58.6 Å². The lowest BCUT2D eigenvalue weighted by Crippen LogP contribution is -2.36. The molecule has 3 rings (SSSR count). The Labute approximate surface area is 147 Å². The minimum Gasteiger partial charge on any atom is -0.378 e. The van der Waals surface area contributed by atoms with E-state index in [2.05, 4.69) is 10.2 Å². The van der Waals surface area contributed by atoms with E-state index in [1.54, 1.807) is 24.3 Å². The lowest BCUT2D eigenvalue weighted by atomic mass is 10.2. The number of hydrogen-bond acceptors (Lipinski definition) is 5. The van der Waals surface area contributed by atoms with Crippen LogP contribution in [-0.4, -0.2) is 41.0 Å². The number of halogens is 1. The van der Waals surface area contributed by atoms with Gasteiger partial charge < -0.3 is 15.0 Å². The number of nitrogens with one attached hydrogen (secondary N) is 1. The Kier molecular flexibility index (Phi) is 4.99. The Balaban J connectivity index is 1.81. The summed E-state index contributed by atoms with van der Waals surface area (Å²) < 4.78 is 28.4. The molecule has 2 aromatic rings. The number of sulfone groups is 1. The molecule has 128 valence electrons. The third-order valence-electron chi connectivity index (χ3n) is 3.89.